The van der Waals surface area contributed by atoms with Gasteiger partial charge in [-0.25, -0.2) is 28.8 Å². The van der Waals surface area contributed by atoms with Crippen LogP contribution in [0.15, 0.2) is 78.9 Å². The average molecular weight is 1690 g/mol. The monoisotopic (exact) mass is 1690 g/mol. The first-order valence-corrected chi connectivity index (χ1v) is 40.2. The van der Waals surface area contributed by atoms with E-state index in [9.17, 15) is 57.5 Å². The third kappa shape index (κ3) is 55.4. The van der Waals surface area contributed by atoms with E-state index in [-0.39, 0.29) is 130 Å². The summed E-state index contributed by atoms with van der Waals surface area (Å²) in [6, 6.07) is 19.3. The fourth-order valence-electron chi connectivity index (χ4n) is 7.64. The molecule has 32 nitrogen and oxygen atoms in total. The summed E-state index contributed by atoms with van der Waals surface area (Å²) in [6.45, 7) is 45.7. The number of carbonyl (C=O) groups is 12. The minimum atomic E-state index is -1.03. The zero-order valence-electron chi connectivity index (χ0n) is 75.0. The Hall–Kier alpha value is -10.0. The van der Waals surface area contributed by atoms with Crippen molar-refractivity contribution >= 4 is 89.4 Å². The maximum atomic E-state index is 11.8. The van der Waals surface area contributed by atoms with Gasteiger partial charge >= 0.3 is 78.0 Å². The van der Waals surface area contributed by atoms with Crippen molar-refractivity contribution in [1.29, 1.82) is 0 Å². The number of benzene rings is 3. The van der Waals surface area contributed by atoms with E-state index in [1.54, 1.807) is 72.9 Å². The molecule has 4 unspecified atom stereocenters. The molecule has 4 atom stereocenters. The second-order valence-electron chi connectivity index (χ2n) is 31.3. The van der Waals surface area contributed by atoms with E-state index in [0.29, 0.717) is 68.4 Å². The Morgan fingerprint density at radius 3 is 1.05 bits per heavy atom. The molecule has 119 heavy (non-hydrogen) atoms. The fraction of sp³-hybridized carbons (Fsp3) is 0.644. The first kappa shape index (κ1) is 115. The number of carboxylic acid groups (broad SMARTS) is 2. The Morgan fingerprint density at radius 2 is 0.731 bits per heavy atom. The lowest BCUT2D eigenvalue weighted by atomic mass is 9.91. The van der Waals surface area contributed by atoms with Crippen LogP contribution < -0.4 is 26.6 Å². The Balaban J connectivity index is -0.000000673. The summed E-state index contributed by atoms with van der Waals surface area (Å²) in [4.78, 5) is 154. The number of amides is 5. The van der Waals surface area contributed by atoms with Crippen LogP contribution in [-0.2, 0) is 85.7 Å². The molecule has 0 fully saturated rings. The molecule has 3 aromatic rings. The lowest BCUT2D eigenvalue weighted by molar-refractivity contribution is -0.192. The molecule has 0 spiro atoms. The van der Waals surface area contributed by atoms with Crippen LogP contribution in [0.1, 0.15) is 255 Å². The molecule has 5 amide bonds. The summed E-state index contributed by atoms with van der Waals surface area (Å²) in [5, 5.41) is 39.2. The zero-order valence-corrected chi connectivity index (χ0v) is 75.0. The van der Waals surface area contributed by atoms with Crippen molar-refractivity contribution in [2.45, 2.75) is 242 Å². The Bertz CT molecular complexity index is 3360. The maximum absolute atomic E-state index is 11.8. The first-order valence-electron chi connectivity index (χ1n) is 40.2. The highest BCUT2D eigenvalue weighted by Gasteiger charge is 2.32. The van der Waals surface area contributed by atoms with Gasteiger partial charge in [0.25, 0.3) is 0 Å². The van der Waals surface area contributed by atoms with Gasteiger partial charge in [-0.3, -0.25) is 28.8 Å². The van der Waals surface area contributed by atoms with E-state index in [4.69, 9.17) is 72.3 Å². The molecule has 0 heterocycles. The molecule has 3 rings (SSSR count). The molecule has 3 aromatic carbocycles. The minimum Gasteiger partial charge on any atom is -0.478 e. The standard InChI is InChI=1S/C20H39NO5.2C16H22N2O5.C15H20O4.C10H20O3.C9H18O3.CO2/c1-7-10-11-17(8-2)15-24-14-16(4)26-19(23)21-12-13-25-18(22)20(5,6)9-3;2*1-4-16(2,3)14(21)23-10-9-17-15(22)18-12-7-5-11(6-8-12)13(19)20;1-4-15(2,3)14(17)19-11-10-18-13(16)12-8-6-5-7-9-12;1-6-10(3,4)9(11)13-7-8(2)12-5;1-5-9(3,4)8(11)12-6-7(2)10;2-1-3/h16-17H,7-15H2,1-6H3,(H,21,23);2*5-8H,4,9-10H2,1-3H3,(H,19,20)(H2,17,18,22);5-9H,4,10-11H2,1-3H3;8H,6-7H2,1-5H3;7,10H,5-6H2,1-4H3;. The highest BCUT2D eigenvalue weighted by atomic mass is 16.6. The smallest absolute Gasteiger partial charge is 0.407 e. The molecule has 32 heteroatoms. The van der Waals surface area contributed by atoms with Crippen molar-refractivity contribution < 1.29 is 130 Å². The van der Waals surface area contributed by atoms with Crippen LogP contribution in [0.25, 0.3) is 0 Å². The highest BCUT2D eigenvalue weighted by molar-refractivity contribution is 5.93. The van der Waals surface area contributed by atoms with Crippen LogP contribution >= 0.6 is 0 Å². The van der Waals surface area contributed by atoms with Crippen molar-refractivity contribution in [3.63, 3.8) is 0 Å². The number of aliphatic hydroxyl groups is 1. The SMILES string of the molecule is CCC(C)(C)C(=O)OCC(C)O.CCC(C)(C)C(=O)OCC(C)OC.CCC(C)(C)C(=O)OCCNC(=O)Nc1ccc(C(=O)O)cc1.CCC(C)(C)C(=O)OCCNC(=O)Nc1ccc(C(=O)O)cc1.CCC(C)(C)C(=O)OCCOC(=O)c1ccccc1.CCCCC(CC)COCC(C)OC(=O)NCCOC(=O)C(C)(C)CC.O=C=O. The number of urea groups is 2. The third-order valence-electron chi connectivity index (χ3n) is 18.7. The Labute approximate surface area is 704 Å². The van der Waals surface area contributed by atoms with Gasteiger partial charge in [-0.2, -0.15) is 9.59 Å². The number of unbranched alkanes of at least 4 members (excludes halogenated alkanes) is 1. The van der Waals surface area contributed by atoms with E-state index in [2.05, 4.69) is 40.4 Å². The van der Waals surface area contributed by atoms with Gasteiger partial charge in [0.05, 0.1) is 87.6 Å². The molecular weight excluding hydrogens is 1550 g/mol. The fourth-order valence-corrected chi connectivity index (χ4v) is 7.64. The molecule has 0 aromatic heterocycles. The highest BCUT2D eigenvalue weighted by Crippen LogP contribution is 2.26. The predicted molar refractivity (Wildman–Crippen MR) is 449 cm³/mol. The summed E-state index contributed by atoms with van der Waals surface area (Å²) in [7, 11) is 1.60. The number of carboxylic acids is 2. The van der Waals surface area contributed by atoms with Gasteiger partial charge < -0.3 is 89.3 Å². The minimum absolute atomic E-state index is 0.0309. The Morgan fingerprint density at radius 1 is 0.403 bits per heavy atom. The van der Waals surface area contributed by atoms with Crippen molar-refractivity contribution in [2.24, 2.45) is 38.4 Å². The summed E-state index contributed by atoms with van der Waals surface area (Å²) in [5.74, 6) is -3.43. The molecule has 8 N–H and O–H groups in total. The van der Waals surface area contributed by atoms with Gasteiger partial charge in [-0.05, 0) is 215 Å². The number of hydrogen-bond donors (Lipinski definition) is 8. The van der Waals surface area contributed by atoms with Gasteiger partial charge in [0.15, 0.2) is 0 Å². The number of nitrogens with one attached hydrogen (secondary N) is 5. The van der Waals surface area contributed by atoms with Crippen molar-refractivity contribution in [1.82, 2.24) is 16.0 Å². The maximum Gasteiger partial charge on any atom is 0.407 e. The second-order valence-corrected chi connectivity index (χ2v) is 31.3. The number of carbonyl (C=O) groups excluding carboxylic acids is 12. The predicted octanol–water partition coefficient (Wildman–Crippen LogP) is 14.9. The number of ether oxygens (including phenoxy) is 10. The van der Waals surface area contributed by atoms with Crippen molar-refractivity contribution in [3.05, 3.63) is 95.6 Å². The van der Waals surface area contributed by atoms with Crippen LogP contribution in [0.4, 0.5) is 25.8 Å². The van der Waals surface area contributed by atoms with Crippen LogP contribution in [0, 0.1) is 38.4 Å². The number of aliphatic hydroxyl groups excluding tert-OH is 1. The molecule has 0 aliphatic heterocycles. The lowest BCUT2D eigenvalue weighted by Gasteiger charge is -2.21. The quantitative estimate of drug-likeness (QED) is 0.0148. The normalized spacial score (nSPS) is 11.9. The van der Waals surface area contributed by atoms with Gasteiger partial charge in [-0.1, -0.05) is 92.9 Å². The molecule has 0 aliphatic carbocycles. The van der Waals surface area contributed by atoms with Gasteiger partial charge in [0.2, 0.25) is 0 Å². The number of hydrogen-bond acceptors (Lipinski definition) is 25. The summed E-state index contributed by atoms with van der Waals surface area (Å²) in [5.41, 5.74) is -1.17. The lowest BCUT2D eigenvalue weighted by Crippen LogP contribution is -2.34. The first-order chi connectivity index (χ1) is 55.5. The van der Waals surface area contributed by atoms with Gasteiger partial charge in [0, 0.05) is 25.1 Å². The largest absolute Gasteiger partial charge is 0.478 e. The number of anilines is 2. The molecule has 0 bridgehead atoms. The van der Waals surface area contributed by atoms with E-state index < -0.39 is 69.2 Å². The molecule has 0 saturated carbocycles. The summed E-state index contributed by atoms with van der Waals surface area (Å²) >= 11 is 0. The van der Waals surface area contributed by atoms with Gasteiger partial charge in [0.1, 0.15) is 52.4 Å². The number of methoxy groups -OCH3 is 1. The van der Waals surface area contributed by atoms with Gasteiger partial charge in [-0.15, -0.1) is 0 Å². The topological polar surface area (TPSA) is 452 Å². The van der Waals surface area contributed by atoms with Crippen molar-refractivity contribution in [3.8, 4) is 0 Å². The third-order valence-corrected chi connectivity index (χ3v) is 18.7. The number of rotatable bonds is 43. The van der Waals surface area contributed by atoms with E-state index in [0.717, 1.165) is 19.3 Å². The van der Waals surface area contributed by atoms with E-state index >= 15 is 0 Å². The molecule has 676 valence electrons. The van der Waals surface area contributed by atoms with Crippen molar-refractivity contribution in [2.75, 3.05) is 96.8 Å². The average Bonchev–Trinajstić information content (AvgIpc) is 0.900. The van der Waals surface area contributed by atoms with Crippen LogP contribution in [-0.4, -0.2) is 198 Å². The van der Waals surface area contributed by atoms with E-state index in [1.807, 2.05) is 110 Å². The molecule has 0 aliphatic rings. The molecule has 0 radical (unpaired) electrons. The van der Waals surface area contributed by atoms with E-state index in [1.165, 1.54) is 67.8 Å². The molecular formula is C87H141N5O27. The summed E-state index contributed by atoms with van der Waals surface area (Å²) in [6.07, 6.45) is 7.77. The summed E-state index contributed by atoms with van der Waals surface area (Å²) < 4.78 is 51.3. The number of esters is 7. The van der Waals surface area contributed by atoms with Crippen LogP contribution in [0.2, 0.25) is 0 Å². The van der Waals surface area contributed by atoms with Crippen LogP contribution in [0.3, 0.4) is 0 Å². The molecule has 0 saturated heterocycles. The second kappa shape index (κ2) is 63.1. The van der Waals surface area contributed by atoms with Crippen LogP contribution in [0.5, 0.6) is 0 Å². The number of aromatic carboxylic acids is 2. The zero-order chi connectivity index (χ0) is 92.2. The Kier molecular flexibility index (Phi) is 61.1. The number of alkyl carbamates (subject to hydrolysis) is 1.